The highest BCUT2D eigenvalue weighted by atomic mass is 16.5. The molecule has 1 aromatic carbocycles. The Morgan fingerprint density at radius 2 is 1.86 bits per heavy atom. The quantitative estimate of drug-likeness (QED) is 0.536. The standard InChI is InChI=1S/C19H16N6O4/c1-12-9-14(23-29-12)22-15(26)11-24-17-16(20-7-8-21-17)18(27)25(19(24)28)10-13-5-3-2-4-6-13/h2-9H,10-11H2,1H3,(H,22,23,26). The fraction of sp³-hybridized carbons (Fsp3) is 0.158. The van der Waals surface area contributed by atoms with Gasteiger partial charge in [-0.05, 0) is 12.5 Å². The van der Waals surface area contributed by atoms with E-state index >= 15 is 0 Å². The van der Waals surface area contributed by atoms with E-state index in [1.165, 1.54) is 12.4 Å². The van der Waals surface area contributed by atoms with E-state index in [1.54, 1.807) is 25.1 Å². The smallest absolute Gasteiger partial charge is 0.333 e. The fourth-order valence-electron chi connectivity index (χ4n) is 2.93. The number of nitrogens with zero attached hydrogens (tertiary/aromatic N) is 5. The average molecular weight is 392 g/mol. The lowest BCUT2D eigenvalue weighted by Crippen LogP contribution is -2.42. The van der Waals surface area contributed by atoms with Crippen LogP contribution in [0.5, 0.6) is 0 Å². The minimum atomic E-state index is -0.654. The van der Waals surface area contributed by atoms with E-state index in [0.29, 0.717) is 5.76 Å². The zero-order chi connectivity index (χ0) is 20.4. The zero-order valence-electron chi connectivity index (χ0n) is 15.4. The van der Waals surface area contributed by atoms with Crippen LogP contribution in [-0.4, -0.2) is 30.2 Å². The number of carbonyl (C=O) groups is 1. The van der Waals surface area contributed by atoms with E-state index in [9.17, 15) is 14.4 Å². The molecule has 0 aliphatic carbocycles. The van der Waals surface area contributed by atoms with Crippen LogP contribution in [0, 0.1) is 6.92 Å². The summed E-state index contributed by atoms with van der Waals surface area (Å²) in [7, 11) is 0. The number of hydrogen-bond donors (Lipinski definition) is 1. The molecule has 0 aliphatic rings. The second-order valence-corrected chi connectivity index (χ2v) is 6.35. The van der Waals surface area contributed by atoms with Crippen molar-refractivity contribution in [1.82, 2.24) is 24.3 Å². The van der Waals surface area contributed by atoms with Crippen LogP contribution in [0.2, 0.25) is 0 Å². The normalized spacial score (nSPS) is 10.9. The molecule has 0 saturated carbocycles. The van der Waals surface area contributed by atoms with Gasteiger partial charge in [0.1, 0.15) is 12.3 Å². The number of aryl methyl sites for hydroxylation is 1. The third-order valence-electron chi connectivity index (χ3n) is 4.22. The molecule has 0 radical (unpaired) electrons. The maximum absolute atomic E-state index is 13.0. The third kappa shape index (κ3) is 3.68. The van der Waals surface area contributed by atoms with Crippen LogP contribution in [0.4, 0.5) is 5.82 Å². The zero-order valence-corrected chi connectivity index (χ0v) is 15.4. The highest BCUT2D eigenvalue weighted by Crippen LogP contribution is 2.08. The molecule has 4 aromatic rings. The summed E-state index contributed by atoms with van der Waals surface area (Å²) in [5.74, 6) is 0.246. The molecule has 3 aromatic heterocycles. The topological polar surface area (TPSA) is 125 Å². The predicted molar refractivity (Wildman–Crippen MR) is 103 cm³/mol. The van der Waals surface area contributed by atoms with Crippen LogP contribution in [0.15, 0.2) is 62.9 Å². The number of fused-ring (bicyclic) bond motifs is 1. The summed E-state index contributed by atoms with van der Waals surface area (Å²) in [6, 6.07) is 10.6. The van der Waals surface area contributed by atoms with Gasteiger partial charge in [-0.1, -0.05) is 35.5 Å². The lowest BCUT2D eigenvalue weighted by Gasteiger charge is -2.12. The van der Waals surface area contributed by atoms with Gasteiger partial charge < -0.3 is 9.84 Å². The van der Waals surface area contributed by atoms with Gasteiger partial charge in [-0.3, -0.25) is 18.7 Å². The first-order valence-corrected chi connectivity index (χ1v) is 8.74. The summed E-state index contributed by atoms with van der Waals surface area (Å²) in [6.07, 6.45) is 2.72. The summed E-state index contributed by atoms with van der Waals surface area (Å²) >= 11 is 0. The molecule has 10 nitrogen and oxygen atoms in total. The van der Waals surface area contributed by atoms with Crippen molar-refractivity contribution >= 4 is 22.9 Å². The summed E-state index contributed by atoms with van der Waals surface area (Å²) in [4.78, 5) is 46.5. The van der Waals surface area contributed by atoms with Gasteiger partial charge in [0.05, 0.1) is 6.54 Å². The van der Waals surface area contributed by atoms with Gasteiger partial charge in [0.25, 0.3) is 5.56 Å². The number of nitrogens with one attached hydrogen (secondary N) is 1. The molecule has 0 saturated heterocycles. The Bertz CT molecular complexity index is 1310. The Balaban J connectivity index is 1.77. The first-order chi connectivity index (χ1) is 14.0. The molecule has 0 bridgehead atoms. The van der Waals surface area contributed by atoms with Gasteiger partial charge in [0.15, 0.2) is 17.0 Å². The first-order valence-electron chi connectivity index (χ1n) is 8.74. The molecule has 0 aliphatic heterocycles. The summed E-state index contributed by atoms with van der Waals surface area (Å²) in [5.41, 5.74) is -0.403. The number of rotatable bonds is 5. The van der Waals surface area contributed by atoms with Crippen LogP contribution in [0.25, 0.3) is 11.2 Å². The highest BCUT2D eigenvalue weighted by molar-refractivity contribution is 5.90. The molecular weight excluding hydrogens is 376 g/mol. The Morgan fingerprint density at radius 3 is 2.59 bits per heavy atom. The molecule has 29 heavy (non-hydrogen) atoms. The largest absolute Gasteiger partial charge is 0.360 e. The molecule has 0 fully saturated rings. The molecule has 0 atom stereocenters. The Hall–Kier alpha value is -4.08. The molecular formula is C19H16N6O4. The number of amides is 1. The van der Waals surface area contributed by atoms with E-state index < -0.39 is 17.2 Å². The number of benzene rings is 1. The lowest BCUT2D eigenvalue weighted by molar-refractivity contribution is -0.116. The Kier molecular flexibility index (Phi) is 4.73. The van der Waals surface area contributed by atoms with Crippen molar-refractivity contribution in [3.63, 3.8) is 0 Å². The van der Waals surface area contributed by atoms with Crippen LogP contribution in [-0.2, 0) is 17.9 Å². The number of anilines is 1. The van der Waals surface area contributed by atoms with Gasteiger partial charge in [0.2, 0.25) is 5.91 Å². The van der Waals surface area contributed by atoms with Gasteiger partial charge in [-0.2, -0.15) is 0 Å². The highest BCUT2D eigenvalue weighted by Gasteiger charge is 2.18. The second-order valence-electron chi connectivity index (χ2n) is 6.35. The van der Waals surface area contributed by atoms with E-state index in [-0.39, 0.29) is 30.1 Å². The van der Waals surface area contributed by atoms with E-state index in [1.807, 2.05) is 18.2 Å². The predicted octanol–water partition coefficient (Wildman–Crippen LogP) is 0.937. The second kappa shape index (κ2) is 7.50. The van der Waals surface area contributed by atoms with Crippen molar-refractivity contribution in [3.05, 3.63) is 81.0 Å². The van der Waals surface area contributed by atoms with Crippen molar-refractivity contribution in [2.45, 2.75) is 20.0 Å². The SMILES string of the molecule is Cc1cc(NC(=O)Cn2c(=O)n(Cc3ccccc3)c(=O)c3nccnc32)no1. The van der Waals surface area contributed by atoms with E-state index in [0.717, 1.165) is 14.7 Å². The van der Waals surface area contributed by atoms with Crippen molar-refractivity contribution in [1.29, 1.82) is 0 Å². The van der Waals surface area contributed by atoms with Gasteiger partial charge in [-0.25, -0.2) is 14.8 Å². The van der Waals surface area contributed by atoms with Gasteiger partial charge in [-0.15, -0.1) is 0 Å². The summed E-state index contributed by atoms with van der Waals surface area (Å²) in [6.45, 7) is 1.37. The van der Waals surface area contributed by atoms with Crippen molar-refractivity contribution in [3.8, 4) is 0 Å². The van der Waals surface area contributed by atoms with Gasteiger partial charge >= 0.3 is 5.69 Å². The van der Waals surface area contributed by atoms with Crippen LogP contribution in [0.3, 0.4) is 0 Å². The van der Waals surface area contributed by atoms with Crippen molar-refractivity contribution in [2.75, 3.05) is 5.32 Å². The molecule has 146 valence electrons. The molecule has 1 N–H and O–H groups in total. The Morgan fingerprint density at radius 1 is 1.10 bits per heavy atom. The molecule has 0 spiro atoms. The lowest BCUT2D eigenvalue weighted by atomic mass is 10.2. The number of hydrogen-bond acceptors (Lipinski definition) is 7. The minimum Gasteiger partial charge on any atom is -0.360 e. The summed E-state index contributed by atoms with van der Waals surface area (Å²) in [5, 5.41) is 6.24. The minimum absolute atomic E-state index is 0.00751. The molecule has 10 heteroatoms. The molecule has 1 amide bonds. The van der Waals surface area contributed by atoms with Crippen LogP contribution >= 0.6 is 0 Å². The van der Waals surface area contributed by atoms with E-state index in [4.69, 9.17) is 4.52 Å². The van der Waals surface area contributed by atoms with Gasteiger partial charge in [0, 0.05) is 18.5 Å². The number of carbonyl (C=O) groups excluding carboxylic acids is 1. The van der Waals surface area contributed by atoms with Crippen LogP contribution < -0.4 is 16.6 Å². The molecule has 0 unspecified atom stereocenters. The van der Waals surface area contributed by atoms with Crippen molar-refractivity contribution in [2.24, 2.45) is 0 Å². The fourth-order valence-corrected chi connectivity index (χ4v) is 2.93. The molecule has 3 heterocycles. The Labute approximate surface area is 163 Å². The first kappa shape index (κ1) is 18.3. The maximum atomic E-state index is 13.0. The van der Waals surface area contributed by atoms with E-state index in [2.05, 4.69) is 20.4 Å². The summed E-state index contributed by atoms with van der Waals surface area (Å²) < 4.78 is 7.07. The number of aromatic nitrogens is 5. The molecule has 4 rings (SSSR count). The third-order valence-corrected chi connectivity index (χ3v) is 4.22. The van der Waals surface area contributed by atoms with Crippen molar-refractivity contribution < 1.29 is 9.32 Å². The maximum Gasteiger partial charge on any atom is 0.333 e. The van der Waals surface area contributed by atoms with Crippen LogP contribution in [0.1, 0.15) is 11.3 Å². The average Bonchev–Trinajstić information content (AvgIpc) is 3.13. The monoisotopic (exact) mass is 392 g/mol.